The van der Waals surface area contributed by atoms with Crippen LogP contribution in [0.5, 0.6) is 0 Å². The molecule has 1 aromatic heterocycles. The molecule has 0 amide bonds. The van der Waals surface area contributed by atoms with Crippen molar-refractivity contribution in [3.05, 3.63) is 70.9 Å². The Morgan fingerprint density at radius 2 is 1.79 bits per heavy atom. The fourth-order valence-electron chi connectivity index (χ4n) is 2.74. The van der Waals surface area contributed by atoms with Crippen LogP contribution in [0.3, 0.4) is 0 Å². The third kappa shape index (κ3) is 5.29. The average Bonchev–Trinajstić information content (AvgIpc) is 2.69. The number of primary sulfonamides is 1. The molecular weight excluding hydrogens is 453 g/mol. The van der Waals surface area contributed by atoms with E-state index in [1.165, 1.54) is 23.9 Å². The van der Waals surface area contributed by atoms with Crippen LogP contribution < -0.4 is 10.9 Å². The van der Waals surface area contributed by atoms with Gasteiger partial charge in [-0.25, -0.2) is 18.5 Å². The van der Waals surface area contributed by atoms with Crippen molar-refractivity contribution in [2.75, 3.05) is 0 Å². The number of nitrogens with two attached hydrogens (primary N) is 2. The first-order valence-electron chi connectivity index (χ1n) is 8.22. The second-order valence-electron chi connectivity index (χ2n) is 5.90. The third-order valence-electron chi connectivity index (χ3n) is 4.13. The van der Waals surface area contributed by atoms with E-state index in [-0.39, 0.29) is 30.5 Å². The third-order valence-corrected chi connectivity index (χ3v) is 6.72. The Bertz CT molecular complexity index is 1110. The van der Waals surface area contributed by atoms with Gasteiger partial charge in [0.05, 0.1) is 16.5 Å². The zero-order valence-electron chi connectivity index (χ0n) is 15.1. The van der Waals surface area contributed by atoms with Crippen molar-refractivity contribution in [2.45, 2.75) is 28.0 Å². The topological polar surface area (TPSA) is 119 Å². The van der Waals surface area contributed by atoms with E-state index >= 15 is 0 Å². The maximum atomic E-state index is 11.5. The van der Waals surface area contributed by atoms with Gasteiger partial charge in [0.15, 0.2) is 0 Å². The molecule has 0 atom stereocenters. The highest BCUT2D eigenvalue weighted by Crippen LogP contribution is 2.40. The average molecular weight is 472 g/mol. The second-order valence-corrected chi connectivity index (χ2v) is 8.87. The minimum Gasteiger partial charge on any atom is -0.392 e. The van der Waals surface area contributed by atoms with E-state index in [1.807, 2.05) is 6.07 Å². The Morgan fingerprint density at radius 1 is 1.10 bits per heavy atom. The van der Waals surface area contributed by atoms with E-state index in [2.05, 4.69) is 4.98 Å². The predicted octanol–water partition coefficient (Wildman–Crippen LogP) is 3.57. The van der Waals surface area contributed by atoms with Gasteiger partial charge in [0.1, 0.15) is 5.03 Å². The highest BCUT2D eigenvalue weighted by Gasteiger charge is 2.17. The first-order chi connectivity index (χ1) is 13.3. The number of aliphatic hydroxyl groups is 1. The molecule has 0 spiro atoms. The Hall–Kier alpha value is -1.65. The van der Waals surface area contributed by atoms with E-state index in [0.717, 1.165) is 21.6 Å². The van der Waals surface area contributed by atoms with Crippen LogP contribution in [0.25, 0.3) is 11.1 Å². The first kappa shape index (κ1) is 23.6. The van der Waals surface area contributed by atoms with E-state index in [4.69, 9.17) is 22.5 Å². The molecule has 0 saturated carbocycles. The monoisotopic (exact) mass is 471 g/mol. The summed E-state index contributed by atoms with van der Waals surface area (Å²) < 4.78 is 23.0. The number of aliphatic hydroxyl groups excluding tert-OH is 1. The van der Waals surface area contributed by atoms with Crippen LogP contribution in [0.1, 0.15) is 11.1 Å². The molecule has 29 heavy (non-hydrogen) atoms. The summed E-state index contributed by atoms with van der Waals surface area (Å²) in [6, 6.07) is 13.4. The smallest absolute Gasteiger partial charge is 0.238 e. The van der Waals surface area contributed by atoms with Crippen LogP contribution in [0.2, 0.25) is 5.02 Å². The summed E-state index contributed by atoms with van der Waals surface area (Å²) in [7, 11) is -3.76. The Kier molecular flexibility index (Phi) is 8.07. The number of aromatic nitrogens is 1. The molecule has 5 N–H and O–H groups in total. The maximum absolute atomic E-state index is 11.5. The van der Waals surface area contributed by atoms with Crippen molar-refractivity contribution >= 4 is 45.8 Å². The summed E-state index contributed by atoms with van der Waals surface area (Å²) in [5.41, 5.74) is 9.13. The van der Waals surface area contributed by atoms with Crippen LogP contribution in [-0.2, 0) is 23.2 Å². The number of nitrogens with zero attached hydrogens (tertiary/aromatic N) is 1. The summed E-state index contributed by atoms with van der Waals surface area (Å²) in [6.45, 7) is 0.0803. The number of rotatable bonds is 6. The molecule has 0 unspecified atom stereocenters. The molecular formula is C19H19Cl2N3O3S2. The second kappa shape index (κ2) is 9.90. The molecule has 0 saturated heterocycles. The molecule has 0 radical (unpaired) electrons. The van der Waals surface area contributed by atoms with Gasteiger partial charge in [-0.3, -0.25) is 0 Å². The molecule has 1 heterocycles. The standard InChI is InChI=1S/C19H18ClN3O3S2.ClH/c20-17-8-7-15(12-3-5-14(6-4-12)28(22,25)26)16(10-21)18(17)27-19-13(11-24)2-1-9-23-19;/h1-9,24H,10-11,21H2,(H2,22,25,26);1H. The first-order valence-corrected chi connectivity index (χ1v) is 11.0. The van der Waals surface area contributed by atoms with Crippen molar-refractivity contribution in [1.82, 2.24) is 4.98 Å². The number of hydrogen-bond acceptors (Lipinski definition) is 6. The highest BCUT2D eigenvalue weighted by atomic mass is 35.5. The lowest BCUT2D eigenvalue weighted by molar-refractivity contribution is 0.278. The summed E-state index contributed by atoms with van der Waals surface area (Å²) in [5, 5.41) is 15.9. The van der Waals surface area contributed by atoms with Gasteiger partial charge >= 0.3 is 0 Å². The minimum atomic E-state index is -3.76. The Morgan fingerprint density at radius 3 is 2.38 bits per heavy atom. The van der Waals surface area contributed by atoms with Crippen LogP contribution in [-0.4, -0.2) is 18.5 Å². The lowest BCUT2D eigenvalue weighted by Crippen LogP contribution is -2.11. The number of halogens is 2. The van der Waals surface area contributed by atoms with E-state index in [9.17, 15) is 13.5 Å². The largest absolute Gasteiger partial charge is 0.392 e. The molecule has 0 aliphatic carbocycles. The zero-order valence-corrected chi connectivity index (χ0v) is 18.3. The highest BCUT2D eigenvalue weighted by molar-refractivity contribution is 7.99. The summed E-state index contributed by atoms with van der Waals surface area (Å²) in [5.74, 6) is 0. The van der Waals surface area contributed by atoms with Gasteiger partial charge in [-0.15, -0.1) is 12.4 Å². The predicted molar refractivity (Wildman–Crippen MR) is 118 cm³/mol. The van der Waals surface area contributed by atoms with Gasteiger partial charge in [-0.1, -0.05) is 47.6 Å². The van der Waals surface area contributed by atoms with E-state index in [1.54, 1.807) is 36.5 Å². The normalized spacial score (nSPS) is 11.2. The van der Waals surface area contributed by atoms with E-state index in [0.29, 0.717) is 15.6 Å². The van der Waals surface area contributed by atoms with Gasteiger partial charge in [0.2, 0.25) is 10.0 Å². The quantitative estimate of drug-likeness (QED) is 0.505. The minimum absolute atomic E-state index is 0. The molecule has 3 rings (SSSR count). The Balaban J connectivity index is 0.00000300. The molecule has 154 valence electrons. The molecule has 0 fully saturated rings. The summed E-state index contributed by atoms with van der Waals surface area (Å²) >= 11 is 7.77. The fraction of sp³-hybridized carbons (Fsp3) is 0.105. The van der Waals surface area contributed by atoms with Crippen molar-refractivity contribution in [3.8, 4) is 11.1 Å². The van der Waals surface area contributed by atoms with Crippen molar-refractivity contribution in [1.29, 1.82) is 0 Å². The molecule has 0 aliphatic rings. The molecule has 0 bridgehead atoms. The number of pyridine rings is 1. The SMILES string of the molecule is Cl.NCc1c(-c2ccc(S(N)(=O)=O)cc2)ccc(Cl)c1Sc1ncccc1CO. The molecule has 10 heteroatoms. The van der Waals surface area contributed by atoms with Crippen LogP contribution in [0, 0.1) is 0 Å². The van der Waals surface area contributed by atoms with Crippen LogP contribution in [0.4, 0.5) is 0 Å². The number of benzene rings is 2. The maximum Gasteiger partial charge on any atom is 0.238 e. The molecule has 0 aliphatic heterocycles. The molecule has 3 aromatic rings. The lowest BCUT2D eigenvalue weighted by atomic mass is 10.00. The van der Waals surface area contributed by atoms with Gasteiger partial charge < -0.3 is 10.8 Å². The summed E-state index contributed by atoms with van der Waals surface area (Å²) in [6.07, 6.45) is 1.65. The van der Waals surface area contributed by atoms with Crippen LogP contribution in [0.15, 0.2) is 69.5 Å². The molecule has 2 aromatic carbocycles. The van der Waals surface area contributed by atoms with Crippen molar-refractivity contribution < 1.29 is 13.5 Å². The lowest BCUT2D eigenvalue weighted by Gasteiger charge is -2.16. The Labute approximate surface area is 184 Å². The number of sulfonamides is 1. The van der Waals surface area contributed by atoms with Gasteiger partial charge in [-0.05, 0) is 41.0 Å². The fourth-order valence-corrected chi connectivity index (χ4v) is 4.60. The van der Waals surface area contributed by atoms with Crippen molar-refractivity contribution in [2.24, 2.45) is 10.9 Å². The summed E-state index contributed by atoms with van der Waals surface area (Å²) in [4.78, 5) is 5.10. The van der Waals surface area contributed by atoms with Gasteiger partial charge in [0, 0.05) is 23.2 Å². The zero-order chi connectivity index (χ0) is 20.3. The van der Waals surface area contributed by atoms with Gasteiger partial charge in [-0.2, -0.15) is 0 Å². The van der Waals surface area contributed by atoms with E-state index < -0.39 is 10.0 Å². The number of hydrogen-bond donors (Lipinski definition) is 3. The van der Waals surface area contributed by atoms with Gasteiger partial charge in [0.25, 0.3) is 0 Å². The van der Waals surface area contributed by atoms with Crippen LogP contribution >= 0.6 is 35.8 Å². The molecule has 6 nitrogen and oxygen atoms in total. The van der Waals surface area contributed by atoms with Crippen molar-refractivity contribution in [3.63, 3.8) is 0 Å².